The Morgan fingerprint density at radius 1 is 1.78 bits per heavy atom. The summed E-state index contributed by atoms with van der Waals surface area (Å²) in [5.74, 6) is 0. The first-order valence-corrected chi connectivity index (χ1v) is 2.80. The normalized spacial score (nSPS) is 13.1. The zero-order valence-corrected chi connectivity index (χ0v) is 5.54. The molecule has 0 aliphatic carbocycles. The topological polar surface area (TPSA) is 38.7 Å². The lowest BCUT2D eigenvalue weighted by Crippen LogP contribution is -2.13. The van der Waals surface area contributed by atoms with Gasteiger partial charge in [-0.1, -0.05) is 6.08 Å². The molecule has 0 saturated heterocycles. The van der Waals surface area contributed by atoms with Crippen molar-refractivity contribution < 1.29 is 14.9 Å². The first-order chi connectivity index (χ1) is 4.31. The van der Waals surface area contributed by atoms with Gasteiger partial charge in [-0.2, -0.15) is 0 Å². The van der Waals surface area contributed by atoms with Crippen LogP contribution in [0, 0.1) is 0 Å². The van der Waals surface area contributed by atoms with Crippen molar-refractivity contribution in [2.75, 3.05) is 13.2 Å². The quantitative estimate of drug-likeness (QED) is 0.263. The van der Waals surface area contributed by atoms with Gasteiger partial charge in [-0.25, -0.2) is 4.89 Å². The van der Waals surface area contributed by atoms with E-state index in [-0.39, 0.29) is 6.10 Å². The summed E-state index contributed by atoms with van der Waals surface area (Å²) < 4.78 is 4.93. The number of ether oxygens (including phenoxy) is 1. The molecule has 0 aliphatic rings. The second kappa shape index (κ2) is 5.75. The zero-order chi connectivity index (χ0) is 7.11. The molecule has 3 nitrogen and oxygen atoms in total. The van der Waals surface area contributed by atoms with Gasteiger partial charge in [0.1, 0.15) is 6.10 Å². The second-order valence-electron chi connectivity index (χ2n) is 1.74. The summed E-state index contributed by atoms with van der Waals surface area (Å²) in [6, 6.07) is 0. The van der Waals surface area contributed by atoms with Crippen molar-refractivity contribution in [3.63, 3.8) is 0 Å². The molecule has 0 bridgehead atoms. The molecule has 0 aromatic carbocycles. The van der Waals surface area contributed by atoms with Crippen LogP contribution in [-0.2, 0) is 9.62 Å². The first-order valence-electron chi connectivity index (χ1n) is 2.80. The molecule has 1 unspecified atom stereocenters. The maximum atomic E-state index is 8.03. The summed E-state index contributed by atoms with van der Waals surface area (Å²) in [4.78, 5) is 3.94. The molecular formula is C6H12O3. The van der Waals surface area contributed by atoms with Gasteiger partial charge in [-0.05, 0) is 6.92 Å². The predicted molar refractivity (Wildman–Crippen MR) is 34.2 cm³/mol. The van der Waals surface area contributed by atoms with E-state index < -0.39 is 0 Å². The highest BCUT2D eigenvalue weighted by molar-refractivity contribution is 4.64. The average Bonchev–Trinajstić information content (AvgIpc) is 1.89. The van der Waals surface area contributed by atoms with Crippen LogP contribution in [0.2, 0.25) is 0 Å². The van der Waals surface area contributed by atoms with E-state index >= 15 is 0 Å². The highest BCUT2D eigenvalue weighted by Crippen LogP contribution is 1.87. The van der Waals surface area contributed by atoms with Crippen LogP contribution in [0.1, 0.15) is 6.92 Å². The zero-order valence-electron chi connectivity index (χ0n) is 5.54. The van der Waals surface area contributed by atoms with Gasteiger partial charge in [0.2, 0.25) is 0 Å². The SMILES string of the molecule is C=CCOCC(C)OO. The Morgan fingerprint density at radius 2 is 2.44 bits per heavy atom. The Bertz CT molecular complexity index is 72.7. The van der Waals surface area contributed by atoms with Crippen molar-refractivity contribution in [1.82, 2.24) is 0 Å². The lowest BCUT2D eigenvalue weighted by atomic mass is 10.4. The van der Waals surface area contributed by atoms with E-state index in [0.717, 1.165) is 0 Å². The van der Waals surface area contributed by atoms with Gasteiger partial charge < -0.3 is 4.74 Å². The van der Waals surface area contributed by atoms with E-state index in [1.54, 1.807) is 13.0 Å². The summed E-state index contributed by atoms with van der Waals surface area (Å²) in [5.41, 5.74) is 0. The number of hydrogen-bond acceptors (Lipinski definition) is 3. The minimum atomic E-state index is -0.259. The Balaban J connectivity index is 2.96. The van der Waals surface area contributed by atoms with E-state index in [9.17, 15) is 0 Å². The lowest BCUT2D eigenvalue weighted by Gasteiger charge is -2.05. The summed E-state index contributed by atoms with van der Waals surface area (Å²) in [6.07, 6.45) is 1.38. The van der Waals surface area contributed by atoms with Gasteiger partial charge >= 0.3 is 0 Å². The predicted octanol–water partition coefficient (Wildman–Crippen LogP) is 1.07. The van der Waals surface area contributed by atoms with E-state index in [2.05, 4.69) is 11.5 Å². The first kappa shape index (κ1) is 8.62. The third-order valence-electron chi connectivity index (χ3n) is 0.768. The van der Waals surface area contributed by atoms with Gasteiger partial charge in [0.15, 0.2) is 0 Å². The van der Waals surface area contributed by atoms with Crippen molar-refractivity contribution in [2.45, 2.75) is 13.0 Å². The fraction of sp³-hybridized carbons (Fsp3) is 0.667. The van der Waals surface area contributed by atoms with Crippen molar-refractivity contribution >= 4 is 0 Å². The standard InChI is InChI=1S/C6H12O3/c1-3-4-8-5-6(2)9-7/h3,6-7H,1,4-5H2,2H3. The Morgan fingerprint density at radius 3 is 2.89 bits per heavy atom. The highest BCUT2D eigenvalue weighted by Gasteiger charge is 1.97. The van der Waals surface area contributed by atoms with Crippen LogP contribution in [0.5, 0.6) is 0 Å². The third kappa shape index (κ3) is 5.49. The second-order valence-corrected chi connectivity index (χ2v) is 1.74. The molecule has 0 amide bonds. The molecule has 54 valence electrons. The molecule has 0 radical (unpaired) electrons. The van der Waals surface area contributed by atoms with Crippen LogP contribution in [0.4, 0.5) is 0 Å². The minimum Gasteiger partial charge on any atom is -0.375 e. The molecule has 0 aromatic heterocycles. The van der Waals surface area contributed by atoms with Crippen molar-refractivity contribution in [3.8, 4) is 0 Å². The van der Waals surface area contributed by atoms with E-state index in [1.807, 2.05) is 0 Å². The summed E-state index contributed by atoms with van der Waals surface area (Å²) in [7, 11) is 0. The Kier molecular flexibility index (Phi) is 5.51. The molecule has 0 aliphatic heterocycles. The maximum Gasteiger partial charge on any atom is 0.113 e. The van der Waals surface area contributed by atoms with Crippen LogP contribution >= 0.6 is 0 Å². The molecule has 0 saturated carbocycles. The van der Waals surface area contributed by atoms with Gasteiger partial charge in [0.05, 0.1) is 13.2 Å². The molecule has 0 aromatic rings. The van der Waals surface area contributed by atoms with E-state index in [1.165, 1.54) is 0 Å². The van der Waals surface area contributed by atoms with Crippen LogP contribution in [0.25, 0.3) is 0 Å². The fourth-order valence-electron chi connectivity index (χ4n) is 0.348. The van der Waals surface area contributed by atoms with Gasteiger partial charge in [-0.3, -0.25) is 5.26 Å². The van der Waals surface area contributed by atoms with E-state index in [4.69, 9.17) is 9.99 Å². The third-order valence-corrected chi connectivity index (χ3v) is 0.768. The van der Waals surface area contributed by atoms with Gasteiger partial charge in [-0.15, -0.1) is 6.58 Å². The molecule has 1 atom stereocenters. The largest absolute Gasteiger partial charge is 0.375 e. The molecule has 1 N–H and O–H groups in total. The number of hydrogen-bond donors (Lipinski definition) is 1. The highest BCUT2D eigenvalue weighted by atomic mass is 17.1. The summed E-state index contributed by atoms with van der Waals surface area (Å²) in [6.45, 7) is 6.05. The maximum absolute atomic E-state index is 8.03. The van der Waals surface area contributed by atoms with Crippen molar-refractivity contribution in [3.05, 3.63) is 12.7 Å². The van der Waals surface area contributed by atoms with Crippen LogP contribution < -0.4 is 0 Å². The Hall–Kier alpha value is -0.380. The van der Waals surface area contributed by atoms with Gasteiger partial charge in [0.25, 0.3) is 0 Å². The van der Waals surface area contributed by atoms with Crippen LogP contribution in [0.15, 0.2) is 12.7 Å². The smallest absolute Gasteiger partial charge is 0.113 e. The van der Waals surface area contributed by atoms with Crippen LogP contribution in [0.3, 0.4) is 0 Å². The summed E-state index contributed by atoms with van der Waals surface area (Å²) in [5, 5.41) is 8.03. The molecule has 0 fully saturated rings. The number of rotatable bonds is 5. The lowest BCUT2D eigenvalue weighted by molar-refractivity contribution is -0.281. The van der Waals surface area contributed by atoms with Crippen molar-refractivity contribution in [2.24, 2.45) is 0 Å². The molecule has 3 heteroatoms. The summed E-state index contributed by atoms with van der Waals surface area (Å²) >= 11 is 0. The molecule has 0 rings (SSSR count). The molecular weight excluding hydrogens is 120 g/mol. The fourth-order valence-corrected chi connectivity index (χ4v) is 0.348. The van der Waals surface area contributed by atoms with Crippen molar-refractivity contribution in [1.29, 1.82) is 0 Å². The van der Waals surface area contributed by atoms with Gasteiger partial charge in [0, 0.05) is 0 Å². The monoisotopic (exact) mass is 132 g/mol. The van der Waals surface area contributed by atoms with Crippen LogP contribution in [-0.4, -0.2) is 24.6 Å². The van der Waals surface area contributed by atoms with E-state index in [0.29, 0.717) is 13.2 Å². The average molecular weight is 132 g/mol. The molecule has 0 heterocycles. The Labute approximate surface area is 54.8 Å². The molecule has 0 spiro atoms. The molecule has 9 heavy (non-hydrogen) atoms. The minimum absolute atomic E-state index is 0.259.